The molecular formula is C10H10BrNO4. The molecular weight excluding hydrogens is 278 g/mol. The van der Waals surface area contributed by atoms with Crippen LogP contribution in [0.3, 0.4) is 0 Å². The summed E-state index contributed by atoms with van der Waals surface area (Å²) in [5, 5.41) is 20.5. The molecule has 1 amide bonds. The molecule has 16 heavy (non-hydrogen) atoms. The van der Waals surface area contributed by atoms with Crippen molar-refractivity contribution in [1.82, 2.24) is 5.32 Å². The predicted octanol–water partition coefficient (Wildman–Crippen LogP) is 0.689. The van der Waals surface area contributed by atoms with Gasteiger partial charge in [-0.3, -0.25) is 9.59 Å². The van der Waals surface area contributed by atoms with Crippen LogP contribution in [-0.2, 0) is 0 Å². The number of carbonyl (C=O) groups excluding carboxylic acids is 2. The van der Waals surface area contributed by atoms with Crippen LogP contribution in [0.15, 0.2) is 16.6 Å². The lowest BCUT2D eigenvalue weighted by Gasteiger charge is -2.07. The minimum absolute atomic E-state index is 0.00933. The molecule has 0 fully saturated rings. The van der Waals surface area contributed by atoms with Crippen LogP contribution in [0.1, 0.15) is 20.7 Å². The molecule has 0 aliphatic rings. The molecule has 86 valence electrons. The lowest BCUT2D eigenvalue weighted by molar-refractivity contribution is 0.0942. The molecule has 5 nitrogen and oxygen atoms in total. The third-order valence-corrected chi connectivity index (χ3v) is 2.47. The van der Waals surface area contributed by atoms with Gasteiger partial charge in [-0.2, -0.15) is 0 Å². The van der Waals surface area contributed by atoms with Gasteiger partial charge in [-0.15, -0.1) is 0 Å². The SMILES string of the molecule is O=Cc1cc(Br)c(O)c(C(=O)NCCO)c1. The van der Waals surface area contributed by atoms with Gasteiger partial charge < -0.3 is 15.5 Å². The molecule has 0 aliphatic carbocycles. The number of aliphatic hydroxyl groups is 1. The van der Waals surface area contributed by atoms with Crippen molar-refractivity contribution in [1.29, 1.82) is 0 Å². The van der Waals surface area contributed by atoms with Gasteiger partial charge in [0.25, 0.3) is 5.91 Å². The van der Waals surface area contributed by atoms with E-state index in [0.29, 0.717) is 6.29 Å². The Morgan fingerprint density at radius 1 is 1.50 bits per heavy atom. The van der Waals surface area contributed by atoms with Crippen LogP contribution in [0.2, 0.25) is 0 Å². The summed E-state index contributed by atoms with van der Waals surface area (Å²) in [6, 6.07) is 2.69. The lowest BCUT2D eigenvalue weighted by atomic mass is 10.1. The Balaban J connectivity index is 3.06. The second-order valence-corrected chi connectivity index (χ2v) is 3.85. The molecule has 1 rings (SSSR count). The number of carbonyl (C=O) groups is 2. The van der Waals surface area contributed by atoms with Crippen molar-refractivity contribution < 1.29 is 19.8 Å². The molecule has 0 atom stereocenters. The monoisotopic (exact) mass is 287 g/mol. The van der Waals surface area contributed by atoms with Gasteiger partial charge in [0.15, 0.2) is 0 Å². The number of aliphatic hydroxyl groups excluding tert-OH is 1. The molecule has 0 bridgehead atoms. The fraction of sp³-hybridized carbons (Fsp3) is 0.200. The normalized spacial score (nSPS) is 9.88. The van der Waals surface area contributed by atoms with E-state index in [1.165, 1.54) is 12.1 Å². The summed E-state index contributed by atoms with van der Waals surface area (Å²) in [5.74, 6) is -0.781. The molecule has 0 aliphatic heterocycles. The van der Waals surface area contributed by atoms with Crippen LogP contribution >= 0.6 is 15.9 Å². The minimum Gasteiger partial charge on any atom is -0.506 e. The Labute approximate surface area is 100 Å². The first-order valence-corrected chi connectivity index (χ1v) is 5.26. The number of benzene rings is 1. The van der Waals surface area contributed by atoms with Crippen LogP contribution in [0.25, 0.3) is 0 Å². The average molecular weight is 288 g/mol. The van der Waals surface area contributed by atoms with Crippen molar-refractivity contribution in [3.63, 3.8) is 0 Å². The van der Waals surface area contributed by atoms with Gasteiger partial charge >= 0.3 is 0 Å². The molecule has 0 saturated carbocycles. The van der Waals surface area contributed by atoms with Crippen LogP contribution in [-0.4, -0.2) is 35.6 Å². The zero-order valence-corrected chi connectivity index (χ0v) is 9.82. The largest absolute Gasteiger partial charge is 0.506 e. The molecule has 0 spiro atoms. The molecule has 1 aromatic rings. The zero-order chi connectivity index (χ0) is 12.1. The first kappa shape index (κ1) is 12.7. The number of hydrogen-bond acceptors (Lipinski definition) is 4. The van der Waals surface area contributed by atoms with Gasteiger partial charge in [0.1, 0.15) is 12.0 Å². The number of aldehydes is 1. The first-order chi connectivity index (χ1) is 7.60. The Bertz CT molecular complexity index is 420. The number of phenolic OH excluding ortho intramolecular Hbond substituents is 1. The summed E-state index contributed by atoms with van der Waals surface area (Å²) in [4.78, 5) is 22.1. The summed E-state index contributed by atoms with van der Waals surface area (Å²) in [5.41, 5.74) is 0.267. The standard InChI is InChI=1S/C10H10BrNO4/c11-8-4-6(5-14)3-7(9(8)15)10(16)12-1-2-13/h3-5,13,15H,1-2H2,(H,12,16). The highest BCUT2D eigenvalue weighted by Gasteiger charge is 2.14. The molecule has 1 aromatic carbocycles. The molecule has 0 radical (unpaired) electrons. The second-order valence-electron chi connectivity index (χ2n) is 3.00. The smallest absolute Gasteiger partial charge is 0.255 e. The third kappa shape index (κ3) is 2.80. The minimum atomic E-state index is -0.545. The van der Waals surface area contributed by atoms with E-state index >= 15 is 0 Å². The van der Waals surface area contributed by atoms with Gasteiger partial charge in [0, 0.05) is 12.1 Å². The van der Waals surface area contributed by atoms with Gasteiger partial charge in [-0.25, -0.2) is 0 Å². The fourth-order valence-corrected chi connectivity index (χ4v) is 1.60. The maximum Gasteiger partial charge on any atom is 0.255 e. The molecule has 0 heterocycles. The van der Waals surface area contributed by atoms with Crippen molar-refractivity contribution in [2.75, 3.05) is 13.2 Å². The number of halogens is 1. The van der Waals surface area contributed by atoms with Gasteiger partial charge in [0.2, 0.25) is 0 Å². The summed E-state index contributed by atoms with van der Waals surface area (Å²) < 4.78 is 0.270. The summed E-state index contributed by atoms with van der Waals surface area (Å²) >= 11 is 3.04. The van der Waals surface area contributed by atoms with E-state index in [1.807, 2.05) is 0 Å². The van der Waals surface area contributed by atoms with Gasteiger partial charge in [0.05, 0.1) is 16.6 Å². The Morgan fingerprint density at radius 3 is 2.75 bits per heavy atom. The van der Waals surface area contributed by atoms with Crippen molar-refractivity contribution in [2.24, 2.45) is 0 Å². The Kier molecular flexibility index (Phi) is 4.45. The van der Waals surface area contributed by atoms with E-state index in [9.17, 15) is 14.7 Å². The number of nitrogens with one attached hydrogen (secondary N) is 1. The number of phenols is 1. The summed E-state index contributed by atoms with van der Waals surface area (Å²) in [6.45, 7) is -0.109. The molecule has 0 saturated heterocycles. The van der Waals surface area contributed by atoms with Crippen LogP contribution in [0, 0.1) is 0 Å². The average Bonchev–Trinajstić information content (AvgIpc) is 2.29. The zero-order valence-electron chi connectivity index (χ0n) is 8.24. The highest BCUT2D eigenvalue weighted by Crippen LogP contribution is 2.28. The van der Waals surface area contributed by atoms with Gasteiger partial charge in [-0.1, -0.05) is 0 Å². The van der Waals surface area contributed by atoms with E-state index in [2.05, 4.69) is 21.2 Å². The molecule has 6 heteroatoms. The second kappa shape index (κ2) is 5.62. The lowest BCUT2D eigenvalue weighted by Crippen LogP contribution is -2.26. The van der Waals surface area contributed by atoms with E-state index in [0.717, 1.165) is 0 Å². The number of hydrogen-bond donors (Lipinski definition) is 3. The van der Waals surface area contributed by atoms with E-state index in [-0.39, 0.29) is 34.5 Å². The topological polar surface area (TPSA) is 86.6 Å². The van der Waals surface area contributed by atoms with Crippen LogP contribution in [0.5, 0.6) is 5.75 Å². The van der Waals surface area contributed by atoms with E-state index in [1.54, 1.807) is 0 Å². The Hall–Kier alpha value is -1.40. The van der Waals surface area contributed by atoms with Crippen molar-refractivity contribution in [2.45, 2.75) is 0 Å². The van der Waals surface area contributed by atoms with Crippen LogP contribution < -0.4 is 5.32 Å². The van der Waals surface area contributed by atoms with Crippen molar-refractivity contribution in [3.05, 3.63) is 27.7 Å². The molecule has 3 N–H and O–H groups in total. The highest BCUT2D eigenvalue weighted by molar-refractivity contribution is 9.10. The van der Waals surface area contributed by atoms with Crippen molar-refractivity contribution in [3.8, 4) is 5.75 Å². The van der Waals surface area contributed by atoms with E-state index in [4.69, 9.17) is 5.11 Å². The first-order valence-electron chi connectivity index (χ1n) is 4.47. The summed E-state index contributed by atoms with van der Waals surface area (Å²) in [6.07, 6.45) is 0.576. The van der Waals surface area contributed by atoms with Crippen LogP contribution in [0.4, 0.5) is 0 Å². The fourth-order valence-electron chi connectivity index (χ4n) is 1.13. The summed E-state index contributed by atoms with van der Waals surface area (Å²) in [7, 11) is 0. The van der Waals surface area contributed by atoms with E-state index < -0.39 is 5.91 Å². The highest BCUT2D eigenvalue weighted by atomic mass is 79.9. The predicted molar refractivity (Wildman–Crippen MR) is 60.6 cm³/mol. The van der Waals surface area contributed by atoms with Gasteiger partial charge in [-0.05, 0) is 28.1 Å². The molecule has 0 aromatic heterocycles. The quantitative estimate of drug-likeness (QED) is 0.711. The number of rotatable bonds is 4. The third-order valence-electron chi connectivity index (χ3n) is 1.86. The maximum absolute atomic E-state index is 11.5. The Morgan fingerprint density at radius 2 is 2.19 bits per heavy atom. The maximum atomic E-state index is 11.5. The van der Waals surface area contributed by atoms with Crippen molar-refractivity contribution >= 4 is 28.1 Å². The number of aromatic hydroxyl groups is 1. The number of amides is 1. The molecule has 0 unspecified atom stereocenters.